The number of fused-ring (bicyclic) bond motifs is 1. The average Bonchev–Trinajstić information content (AvgIpc) is 3.08. The number of aryl methyl sites for hydroxylation is 2. The number of ether oxygens (including phenoxy) is 1. The quantitative estimate of drug-likeness (QED) is 0.621. The molecule has 5 nitrogen and oxygen atoms in total. The number of hydrogen-bond donors (Lipinski definition) is 1. The van der Waals surface area contributed by atoms with E-state index in [0.717, 1.165) is 45.3 Å². The molecular weight excluding hydrogens is 348 g/mol. The number of aliphatic carboxylic acids is 1. The lowest BCUT2D eigenvalue weighted by atomic mass is 10.1. The highest BCUT2D eigenvalue weighted by atomic mass is 32.1. The van der Waals surface area contributed by atoms with Crippen LogP contribution in [0.25, 0.3) is 16.2 Å². The van der Waals surface area contributed by atoms with Crippen molar-refractivity contribution in [3.05, 3.63) is 52.7 Å². The van der Waals surface area contributed by atoms with E-state index in [2.05, 4.69) is 20.4 Å². The number of aromatic nitrogens is 2. The molecule has 2 aromatic heterocycles. The summed E-state index contributed by atoms with van der Waals surface area (Å²) >= 11 is 1.60. The van der Waals surface area contributed by atoms with E-state index in [0.29, 0.717) is 6.61 Å². The second-order valence-corrected chi connectivity index (χ2v) is 7.51. The zero-order chi connectivity index (χ0) is 18.8. The fourth-order valence-electron chi connectivity index (χ4n) is 2.99. The number of thiazole rings is 1. The van der Waals surface area contributed by atoms with Gasteiger partial charge in [0, 0.05) is 16.1 Å². The molecule has 0 amide bonds. The molecule has 0 saturated heterocycles. The van der Waals surface area contributed by atoms with Crippen LogP contribution in [0.15, 0.2) is 36.4 Å². The summed E-state index contributed by atoms with van der Waals surface area (Å²) in [5, 5.41) is 9.39. The Labute approximate surface area is 156 Å². The molecule has 26 heavy (non-hydrogen) atoms. The summed E-state index contributed by atoms with van der Waals surface area (Å²) in [4.78, 5) is 18.2. The SMILES string of the molecule is C=C(C)COc1ccc(-c2nc3sc(C)c(CC)n3c2CC(=O)O)cc1. The number of rotatable bonds is 7. The highest BCUT2D eigenvalue weighted by Gasteiger charge is 2.21. The molecule has 1 aromatic carbocycles. The van der Waals surface area contributed by atoms with E-state index in [1.807, 2.05) is 35.6 Å². The molecule has 0 unspecified atom stereocenters. The van der Waals surface area contributed by atoms with Crippen molar-refractivity contribution in [1.29, 1.82) is 0 Å². The summed E-state index contributed by atoms with van der Waals surface area (Å²) in [5.74, 6) is -0.108. The van der Waals surface area contributed by atoms with Gasteiger partial charge in [0.05, 0.1) is 17.8 Å². The maximum atomic E-state index is 11.4. The molecule has 3 aromatic rings. The first-order valence-electron chi connectivity index (χ1n) is 8.49. The van der Waals surface area contributed by atoms with E-state index < -0.39 is 5.97 Å². The molecule has 0 atom stereocenters. The van der Waals surface area contributed by atoms with E-state index in [1.54, 1.807) is 11.3 Å². The number of carbonyl (C=O) groups is 1. The first-order chi connectivity index (χ1) is 12.4. The van der Waals surface area contributed by atoms with E-state index in [4.69, 9.17) is 9.72 Å². The van der Waals surface area contributed by atoms with E-state index in [1.165, 1.54) is 4.88 Å². The second kappa shape index (κ2) is 7.33. The van der Waals surface area contributed by atoms with Crippen LogP contribution in [0.5, 0.6) is 5.75 Å². The van der Waals surface area contributed by atoms with Crippen LogP contribution in [0.2, 0.25) is 0 Å². The fourth-order valence-corrected chi connectivity index (χ4v) is 4.07. The van der Waals surface area contributed by atoms with Gasteiger partial charge in [-0.05, 0) is 50.1 Å². The normalized spacial score (nSPS) is 11.0. The maximum Gasteiger partial charge on any atom is 0.309 e. The molecule has 136 valence electrons. The topological polar surface area (TPSA) is 63.8 Å². The molecule has 0 fully saturated rings. The van der Waals surface area contributed by atoms with Gasteiger partial charge < -0.3 is 9.84 Å². The zero-order valence-electron chi connectivity index (χ0n) is 15.2. The van der Waals surface area contributed by atoms with E-state index >= 15 is 0 Å². The van der Waals surface area contributed by atoms with Crippen molar-refractivity contribution in [2.45, 2.75) is 33.6 Å². The number of carboxylic acid groups (broad SMARTS) is 1. The van der Waals surface area contributed by atoms with Crippen LogP contribution in [0.1, 0.15) is 30.1 Å². The van der Waals surface area contributed by atoms with Crippen molar-refractivity contribution in [2.24, 2.45) is 0 Å². The Morgan fingerprint density at radius 2 is 2.00 bits per heavy atom. The van der Waals surface area contributed by atoms with Gasteiger partial charge in [-0.15, -0.1) is 11.3 Å². The molecule has 6 heteroatoms. The summed E-state index contributed by atoms with van der Waals surface area (Å²) in [5.41, 5.74) is 4.42. The third kappa shape index (κ3) is 3.51. The summed E-state index contributed by atoms with van der Waals surface area (Å²) in [6.07, 6.45) is 0.773. The highest BCUT2D eigenvalue weighted by Crippen LogP contribution is 2.32. The molecular formula is C20H22N2O3S. The van der Waals surface area contributed by atoms with Crippen molar-refractivity contribution < 1.29 is 14.6 Å². The number of carboxylic acids is 1. The standard InChI is InChI=1S/C20H22N2O3S/c1-5-16-13(4)26-20-21-19(17(22(16)20)10-18(23)24)14-6-8-15(9-7-14)25-11-12(2)3/h6-9H,2,5,10-11H2,1,3-4H3,(H,23,24). The van der Waals surface area contributed by atoms with Gasteiger partial charge in [0.1, 0.15) is 12.4 Å². The Bertz CT molecular complexity index is 967. The summed E-state index contributed by atoms with van der Waals surface area (Å²) in [6, 6.07) is 7.60. The minimum absolute atomic E-state index is 0.0619. The minimum Gasteiger partial charge on any atom is -0.489 e. The lowest BCUT2D eigenvalue weighted by Crippen LogP contribution is -2.06. The van der Waals surface area contributed by atoms with Crippen LogP contribution >= 0.6 is 11.3 Å². The Kier molecular flexibility index (Phi) is 5.13. The van der Waals surface area contributed by atoms with Gasteiger partial charge >= 0.3 is 5.97 Å². The number of hydrogen-bond acceptors (Lipinski definition) is 4. The van der Waals surface area contributed by atoms with Gasteiger partial charge in [-0.2, -0.15) is 0 Å². The van der Waals surface area contributed by atoms with Crippen LogP contribution in [-0.4, -0.2) is 27.1 Å². The Morgan fingerprint density at radius 3 is 2.58 bits per heavy atom. The zero-order valence-corrected chi connectivity index (χ0v) is 16.0. The third-order valence-electron chi connectivity index (χ3n) is 4.13. The lowest BCUT2D eigenvalue weighted by Gasteiger charge is -2.08. The minimum atomic E-state index is -0.861. The van der Waals surface area contributed by atoms with Crippen molar-refractivity contribution in [1.82, 2.24) is 9.38 Å². The smallest absolute Gasteiger partial charge is 0.309 e. The third-order valence-corrected chi connectivity index (χ3v) is 5.13. The highest BCUT2D eigenvalue weighted by molar-refractivity contribution is 7.17. The van der Waals surface area contributed by atoms with Crippen LogP contribution in [0.3, 0.4) is 0 Å². The summed E-state index contributed by atoms with van der Waals surface area (Å²) in [7, 11) is 0. The first-order valence-corrected chi connectivity index (χ1v) is 9.31. The van der Waals surface area contributed by atoms with Gasteiger partial charge in [0.25, 0.3) is 0 Å². The molecule has 0 saturated carbocycles. The molecule has 0 aliphatic heterocycles. The van der Waals surface area contributed by atoms with Crippen molar-refractivity contribution in [3.8, 4) is 17.0 Å². The monoisotopic (exact) mass is 370 g/mol. The van der Waals surface area contributed by atoms with Gasteiger partial charge in [-0.1, -0.05) is 13.5 Å². The molecule has 2 heterocycles. The Hall–Kier alpha value is -2.60. The Morgan fingerprint density at radius 1 is 1.31 bits per heavy atom. The second-order valence-electron chi connectivity index (χ2n) is 6.32. The van der Waals surface area contributed by atoms with Gasteiger partial charge in [0.2, 0.25) is 0 Å². The van der Waals surface area contributed by atoms with Gasteiger partial charge in [-0.3, -0.25) is 9.20 Å². The van der Waals surface area contributed by atoms with Gasteiger partial charge in [-0.25, -0.2) is 4.98 Å². The number of imidazole rings is 1. The molecule has 0 radical (unpaired) electrons. The lowest BCUT2D eigenvalue weighted by molar-refractivity contribution is -0.136. The van der Waals surface area contributed by atoms with Crippen LogP contribution in [-0.2, 0) is 17.6 Å². The van der Waals surface area contributed by atoms with Crippen LogP contribution in [0, 0.1) is 6.92 Å². The molecule has 0 spiro atoms. The Balaban J connectivity index is 2.05. The summed E-state index contributed by atoms with van der Waals surface area (Å²) in [6.45, 7) is 10.3. The van der Waals surface area contributed by atoms with Crippen molar-refractivity contribution >= 4 is 22.3 Å². The molecule has 1 N–H and O–H groups in total. The molecule has 3 rings (SSSR count). The largest absolute Gasteiger partial charge is 0.489 e. The molecule has 0 bridgehead atoms. The summed E-state index contributed by atoms with van der Waals surface area (Å²) < 4.78 is 7.64. The predicted molar refractivity (Wildman–Crippen MR) is 104 cm³/mol. The fraction of sp³-hybridized carbons (Fsp3) is 0.300. The molecule has 0 aliphatic carbocycles. The van der Waals surface area contributed by atoms with Crippen molar-refractivity contribution in [2.75, 3.05) is 6.61 Å². The van der Waals surface area contributed by atoms with E-state index in [-0.39, 0.29) is 6.42 Å². The van der Waals surface area contributed by atoms with E-state index in [9.17, 15) is 9.90 Å². The number of benzene rings is 1. The maximum absolute atomic E-state index is 11.4. The van der Waals surface area contributed by atoms with Crippen LogP contribution in [0.4, 0.5) is 0 Å². The van der Waals surface area contributed by atoms with Crippen LogP contribution < -0.4 is 4.74 Å². The van der Waals surface area contributed by atoms with Crippen molar-refractivity contribution in [3.63, 3.8) is 0 Å². The number of nitrogens with zero attached hydrogens (tertiary/aromatic N) is 2. The van der Waals surface area contributed by atoms with Gasteiger partial charge in [0.15, 0.2) is 4.96 Å². The average molecular weight is 370 g/mol. The first kappa shape index (κ1) is 18.2. The predicted octanol–water partition coefficient (Wildman–Crippen LogP) is 4.52. The molecule has 0 aliphatic rings.